The Bertz CT molecular complexity index is 1170. The van der Waals surface area contributed by atoms with E-state index in [1.165, 1.54) is 17.5 Å². The second-order valence-electron chi connectivity index (χ2n) is 9.14. The topological polar surface area (TPSA) is 79.0 Å². The van der Waals surface area contributed by atoms with Gasteiger partial charge < -0.3 is 10.1 Å². The summed E-state index contributed by atoms with van der Waals surface area (Å²) < 4.78 is 33.4. The van der Waals surface area contributed by atoms with Gasteiger partial charge in [0.05, 0.1) is 23.1 Å². The Hall–Kier alpha value is -1.84. The van der Waals surface area contributed by atoms with Gasteiger partial charge in [0.15, 0.2) is 0 Å². The lowest BCUT2D eigenvalue weighted by molar-refractivity contribution is -0.121. The number of sulfonamides is 1. The fourth-order valence-corrected chi connectivity index (χ4v) is 6.77. The van der Waals surface area contributed by atoms with Crippen LogP contribution in [0.15, 0.2) is 41.3 Å². The minimum Gasteiger partial charge on any atom is -0.495 e. The smallest absolute Gasteiger partial charge is 0.246 e. The summed E-state index contributed by atoms with van der Waals surface area (Å²) in [5, 5.41) is 3.98. The molecule has 1 N–H and O–H groups in total. The average molecular weight is 541 g/mol. The van der Waals surface area contributed by atoms with Gasteiger partial charge in [0, 0.05) is 31.9 Å². The minimum atomic E-state index is -3.71. The molecule has 0 spiro atoms. The highest BCUT2D eigenvalue weighted by molar-refractivity contribution is 7.89. The number of benzene rings is 2. The zero-order valence-electron chi connectivity index (χ0n) is 19.8. The molecule has 2 aromatic carbocycles. The Morgan fingerprint density at radius 2 is 1.80 bits per heavy atom. The number of halogens is 2. The molecule has 7 nitrogen and oxygen atoms in total. The first-order chi connectivity index (χ1) is 16.8. The Balaban J connectivity index is 1.45. The highest BCUT2D eigenvalue weighted by atomic mass is 35.5. The molecule has 0 radical (unpaired) electrons. The fraction of sp³-hybridized carbons (Fsp3) is 0.480. The summed E-state index contributed by atoms with van der Waals surface area (Å²) in [5.74, 6) is -0.0369. The summed E-state index contributed by atoms with van der Waals surface area (Å²) in [6, 6.07) is 10.4. The number of piperidine rings is 2. The van der Waals surface area contributed by atoms with Crippen LogP contribution in [0, 0.1) is 5.92 Å². The third kappa shape index (κ3) is 6.30. The highest BCUT2D eigenvalue weighted by Gasteiger charge is 2.30. The van der Waals surface area contributed by atoms with E-state index in [9.17, 15) is 13.2 Å². The first-order valence-corrected chi connectivity index (χ1v) is 14.1. The zero-order valence-corrected chi connectivity index (χ0v) is 22.1. The Morgan fingerprint density at radius 1 is 1.03 bits per heavy atom. The van der Waals surface area contributed by atoms with Crippen LogP contribution >= 0.6 is 23.2 Å². The van der Waals surface area contributed by atoms with E-state index in [1.807, 2.05) is 12.1 Å². The number of anilines is 1. The van der Waals surface area contributed by atoms with E-state index < -0.39 is 10.0 Å². The predicted molar refractivity (Wildman–Crippen MR) is 139 cm³/mol. The molecule has 2 aromatic rings. The van der Waals surface area contributed by atoms with Crippen LogP contribution in [0.5, 0.6) is 5.75 Å². The van der Waals surface area contributed by atoms with Gasteiger partial charge in [-0.15, -0.1) is 0 Å². The molecule has 4 rings (SSSR count). The first-order valence-electron chi connectivity index (χ1n) is 11.9. The number of amides is 1. The van der Waals surface area contributed by atoms with Crippen molar-refractivity contribution in [1.82, 2.24) is 9.21 Å². The lowest BCUT2D eigenvalue weighted by Crippen LogP contribution is -2.40. The van der Waals surface area contributed by atoms with Crippen LogP contribution in [0.3, 0.4) is 0 Å². The Labute approximate surface area is 217 Å². The van der Waals surface area contributed by atoms with Gasteiger partial charge in [-0.05, 0) is 68.1 Å². The standard InChI is InChI=1S/C25H31Cl2N3O4S/c1-34-23-10-8-20(15-24(23)35(32,33)30-12-3-2-4-13-30)28-25(31)19-6-5-11-29(17-19)16-18-7-9-21(26)22(27)14-18/h7-10,14-15,19H,2-6,11-13,16-17H2,1H3,(H,28,31). The molecule has 1 atom stereocenters. The van der Waals surface area contributed by atoms with Crippen molar-refractivity contribution in [1.29, 1.82) is 0 Å². The van der Waals surface area contributed by atoms with Crippen LogP contribution in [0.2, 0.25) is 10.0 Å². The molecule has 10 heteroatoms. The zero-order chi connectivity index (χ0) is 25.0. The van der Waals surface area contributed by atoms with Crippen LogP contribution in [-0.4, -0.2) is 56.8 Å². The maximum atomic E-state index is 13.3. The van der Waals surface area contributed by atoms with E-state index >= 15 is 0 Å². The molecule has 2 aliphatic rings. The number of carbonyl (C=O) groups excluding carboxylic acids is 1. The van der Waals surface area contributed by atoms with Crippen molar-refractivity contribution in [3.05, 3.63) is 52.0 Å². The van der Waals surface area contributed by atoms with Gasteiger partial charge in [-0.2, -0.15) is 4.31 Å². The van der Waals surface area contributed by atoms with Gasteiger partial charge >= 0.3 is 0 Å². The summed E-state index contributed by atoms with van der Waals surface area (Å²) in [7, 11) is -2.26. The molecule has 0 aliphatic carbocycles. The molecule has 0 bridgehead atoms. The number of carbonyl (C=O) groups is 1. The van der Waals surface area contributed by atoms with E-state index in [4.69, 9.17) is 27.9 Å². The number of rotatable bonds is 7. The van der Waals surface area contributed by atoms with Gasteiger partial charge in [-0.1, -0.05) is 35.7 Å². The number of ether oxygens (including phenoxy) is 1. The fourth-order valence-electron chi connectivity index (χ4n) is 4.75. The molecule has 1 unspecified atom stereocenters. The second-order valence-corrected chi connectivity index (χ2v) is 11.9. The quantitative estimate of drug-likeness (QED) is 0.533. The molecular formula is C25H31Cl2N3O4S. The molecule has 1 amide bonds. The summed E-state index contributed by atoms with van der Waals surface area (Å²) in [6.07, 6.45) is 4.40. The van der Waals surface area contributed by atoms with E-state index in [0.717, 1.165) is 44.2 Å². The monoisotopic (exact) mass is 539 g/mol. The number of hydrogen-bond acceptors (Lipinski definition) is 5. The average Bonchev–Trinajstić information content (AvgIpc) is 2.87. The van der Waals surface area contributed by atoms with E-state index in [0.29, 0.717) is 41.9 Å². The molecule has 0 saturated carbocycles. The lowest BCUT2D eigenvalue weighted by atomic mass is 9.96. The maximum Gasteiger partial charge on any atom is 0.246 e. The molecule has 2 heterocycles. The molecule has 190 valence electrons. The molecule has 2 aliphatic heterocycles. The SMILES string of the molecule is COc1ccc(NC(=O)C2CCCN(Cc3ccc(Cl)c(Cl)c3)C2)cc1S(=O)(=O)N1CCCCC1. The summed E-state index contributed by atoms with van der Waals surface area (Å²) in [6.45, 7) is 3.19. The minimum absolute atomic E-state index is 0.0876. The summed E-state index contributed by atoms with van der Waals surface area (Å²) >= 11 is 12.2. The van der Waals surface area contributed by atoms with Crippen LogP contribution in [0.1, 0.15) is 37.7 Å². The number of nitrogens with zero attached hydrogens (tertiary/aromatic N) is 2. The number of likely N-dealkylation sites (tertiary alicyclic amines) is 1. The third-order valence-electron chi connectivity index (χ3n) is 6.63. The molecule has 2 saturated heterocycles. The van der Waals surface area contributed by atoms with Crippen molar-refractivity contribution in [3.63, 3.8) is 0 Å². The van der Waals surface area contributed by atoms with Gasteiger partial charge in [0.1, 0.15) is 10.6 Å². The molecular weight excluding hydrogens is 509 g/mol. The van der Waals surface area contributed by atoms with Crippen molar-refractivity contribution in [2.45, 2.75) is 43.5 Å². The molecule has 35 heavy (non-hydrogen) atoms. The van der Waals surface area contributed by atoms with Crippen molar-refractivity contribution in [3.8, 4) is 5.75 Å². The number of nitrogens with one attached hydrogen (secondary N) is 1. The van der Waals surface area contributed by atoms with Crippen LogP contribution in [-0.2, 0) is 21.4 Å². The third-order valence-corrected chi connectivity index (χ3v) is 9.29. The summed E-state index contributed by atoms with van der Waals surface area (Å²) in [4.78, 5) is 15.4. The number of hydrogen-bond donors (Lipinski definition) is 1. The van der Waals surface area contributed by atoms with Gasteiger partial charge in [0.2, 0.25) is 15.9 Å². The largest absolute Gasteiger partial charge is 0.495 e. The summed E-state index contributed by atoms with van der Waals surface area (Å²) in [5.41, 5.74) is 1.50. The maximum absolute atomic E-state index is 13.3. The van der Waals surface area contributed by atoms with Crippen LogP contribution in [0.25, 0.3) is 0 Å². The van der Waals surface area contributed by atoms with E-state index in [-0.39, 0.29) is 22.5 Å². The van der Waals surface area contributed by atoms with Crippen LogP contribution < -0.4 is 10.1 Å². The Kier molecular flexibility index (Phi) is 8.60. The predicted octanol–water partition coefficient (Wildman–Crippen LogP) is 5.03. The lowest BCUT2D eigenvalue weighted by Gasteiger charge is -2.32. The van der Waals surface area contributed by atoms with Gasteiger partial charge in [0.25, 0.3) is 0 Å². The van der Waals surface area contributed by atoms with Crippen molar-refractivity contribution < 1.29 is 17.9 Å². The first kappa shape index (κ1) is 26.2. The molecule has 2 fully saturated rings. The van der Waals surface area contributed by atoms with Crippen molar-refractivity contribution >= 4 is 44.8 Å². The second kappa shape index (κ2) is 11.5. The normalized spacial score (nSPS) is 19.9. The van der Waals surface area contributed by atoms with E-state index in [2.05, 4.69) is 10.2 Å². The highest BCUT2D eigenvalue weighted by Crippen LogP contribution is 2.32. The van der Waals surface area contributed by atoms with Gasteiger partial charge in [-0.25, -0.2) is 8.42 Å². The number of methoxy groups -OCH3 is 1. The van der Waals surface area contributed by atoms with Gasteiger partial charge in [-0.3, -0.25) is 9.69 Å². The van der Waals surface area contributed by atoms with E-state index in [1.54, 1.807) is 18.2 Å². The Morgan fingerprint density at radius 3 is 2.51 bits per heavy atom. The molecule has 0 aromatic heterocycles. The van der Waals surface area contributed by atoms with Crippen molar-refractivity contribution in [2.24, 2.45) is 5.92 Å². The van der Waals surface area contributed by atoms with Crippen LogP contribution in [0.4, 0.5) is 5.69 Å². The van der Waals surface area contributed by atoms with Crippen molar-refractivity contribution in [2.75, 3.05) is 38.6 Å².